The monoisotopic (exact) mass is 403 g/mol. The van der Waals surface area contributed by atoms with Gasteiger partial charge in [-0.1, -0.05) is 18.2 Å². The van der Waals surface area contributed by atoms with E-state index >= 15 is 0 Å². The molecule has 1 heterocycles. The number of benzene rings is 1. The van der Waals surface area contributed by atoms with E-state index in [0.717, 1.165) is 20.4 Å². The highest BCUT2D eigenvalue weighted by atomic mass is 32.2. The van der Waals surface area contributed by atoms with E-state index < -0.39 is 21.9 Å². The van der Waals surface area contributed by atoms with Crippen molar-refractivity contribution in [2.24, 2.45) is 0 Å². The van der Waals surface area contributed by atoms with Gasteiger partial charge in [-0.3, -0.25) is 0 Å². The van der Waals surface area contributed by atoms with Crippen LogP contribution in [0.5, 0.6) is 0 Å². The van der Waals surface area contributed by atoms with Crippen LogP contribution in [-0.4, -0.2) is 47.5 Å². The molecular formula is C17H20F3N3O3S. The average Bonchev–Trinajstić information content (AvgIpc) is 3.01. The summed E-state index contributed by atoms with van der Waals surface area (Å²) in [5.41, 5.74) is 0.115. The maximum Gasteiger partial charge on any atom is 0.416 e. The molecule has 0 amide bonds. The minimum atomic E-state index is -4.42. The van der Waals surface area contributed by atoms with Crippen LogP contribution in [-0.2, 0) is 22.8 Å². The molecule has 0 aliphatic heterocycles. The van der Waals surface area contributed by atoms with E-state index in [0.29, 0.717) is 24.1 Å². The van der Waals surface area contributed by atoms with Gasteiger partial charge in [-0.2, -0.15) is 25.9 Å². The van der Waals surface area contributed by atoms with Crippen molar-refractivity contribution in [2.45, 2.75) is 19.0 Å². The van der Waals surface area contributed by atoms with E-state index in [1.807, 2.05) is 0 Å². The normalized spacial score (nSPS) is 13.0. The Morgan fingerprint density at radius 1 is 1.19 bits per heavy atom. The lowest BCUT2D eigenvalue weighted by atomic mass is 10.1. The van der Waals surface area contributed by atoms with Crippen molar-refractivity contribution < 1.29 is 26.7 Å². The first-order chi connectivity index (χ1) is 12.6. The maximum atomic E-state index is 12.6. The number of aryl methyl sites for hydroxylation is 1. The number of imidazole rings is 1. The van der Waals surface area contributed by atoms with Gasteiger partial charge in [0.1, 0.15) is 5.82 Å². The highest BCUT2D eigenvalue weighted by Gasteiger charge is 2.29. The second kappa shape index (κ2) is 8.24. The van der Waals surface area contributed by atoms with Gasteiger partial charge in [-0.05, 0) is 36.6 Å². The first-order valence-corrected chi connectivity index (χ1v) is 9.43. The average molecular weight is 403 g/mol. The van der Waals surface area contributed by atoms with Crippen molar-refractivity contribution in [2.75, 3.05) is 20.7 Å². The molecule has 2 aromatic rings. The van der Waals surface area contributed by atoms with Crippen molar-refractivity contribution in [1.82, 2.24) is 13.3 Å². The molecule has 10 heteroatoms. The summed E-state index contributed by atoms with van der Waals surface area (Å²) in [7, 11) is -1.08. The summed E-state index contributed by atoms with van der Waals surface area (Å²) >= 11 is 0. The quantitative estimate of drug-likeness (QED) is 0.771. The fourth-order valence-electron chi connectivity index (χ4n) is 2.31. The second-order valence-corrected chi connectivity index (χ2v) is 7.93. The number of halogens is 3. The molecular weight excluding hydrogens is 383 g/mol. The largest absolute Gasteiger partial charge is 0.416 e. The van der Waals surface area contributed by atoms with Gasteiger partial charge < -0.3 is 5.11 Å². The Bertz CT molecular complexity index is 902. The fraction of sp³-hybridized carbons (Fsp3) is 0.353. The van der Waals surface area contributed by atoms with Gasteiger partial charge in [0.2, 0.25) is 0 Å². The van der Waals surface area contributed by atoms with E-state index in [9.17, 15) is 21.6 Å². The Hall–Kier alpha value is -2.17. The number of hydrogen-bond donors (Lipinski definition) is 1. The van der Waals surface area contributed by atoms with Crippen molar-refractivity contribution in [3.05, 3.63) is 53.1 Å². The molecule has 0 saturated heterocycles. The first-order valence-electron chi connectivity index (χ1n) is 8.03. The minimum absolute atomic E-state index is 0.0933. The number of hydrogen-bond acceptors (Lipinski definition) is 4. The van der Waals surface area contributed by atoms with Crippen LogP contribution in [0.3, 0.4) is 0 Å². The molecule has 0 unspecified atom stereocenters. The van der Waals surface area contributed by atoms with Gasteiger partial charge in [0.15, 0.2) is 0 Å². The van der Waals surface area contributed by atoms with Crippen molar-refractivity contribution in [1.29, 1.82) is 0 Å². The van der Waals surface area contributed by atoms with Gasteiger partial charge in [-0.15, -0.1) is 0 Å². The topological polar surface area (TPSA) is 75.4 Å². The SMILES string of the molecule is CN(C)S(=O)(=O)n1c(CCCO)cnc1/C=C/c1ccc(C(F)(F)F)cc1. The summed E-state index contributed by atoms with van der Waals surface area (Å²) in [6.07, 6.45) is 0.580. The number of nitrogens with zero attached hydrogens (tertiary/aromatic N) is 3. The van der Waals surface area contributed by atoms with E-state index in [1.54, 1.807) is 0 Å². The van der Waals surface area contributed by atoms with E-state index in [-0.39, 0.29) is 12.4 Å². The number of aliphatic hydroxyl groups is 1. The van der Waals surface area contributed by atoms with Gasteiger partial charge in [-0.25, -0.2) is 8.96 Å². The van der Waals surface area contributed by atoms with Gasteiger partial charge in [0.05, 0.1) is 17.5 Å². The predicted molar refractivity (Wildman–Crippen MR) is 96.0 cm³/mol. The summed E-state index contributed by atoms with van der Waals surface area (Å²) in [6, 6.07) is 4.49. The molecule has 0 aliphatic carbocycles. The van der Waals surface area contributed by atoms with Crippen LogP contribution >= 0.6 is 0 Å². The van der Waals surface area contributed by atoms with Crippen LogP contribution in [0, 0.1) is 0 Å². The standard InChI is InChI=1S/C17H20F3N3O3S/c1-22(2)27(25,26)23-15(4-3-11-24)12-21-16(23)10-7-13-5-8-14(9-6-13)17(18,19)20/h5-10,12,24H,3-4,11H2,1-2H3/b10-7+. The van der Waals surface area contributed by atoms with Gasteiger partial charge in [0.25, 0.3) is 0 Å². The number of rotatable bonds is 7. The third kappa shape index (κ3) is 4.96. The van der Waals surface area contributed by atoms with Crippen LogP contribution in [0.1, 0.15) is 29.1 Å². The molecule has 148 valence electrons. The molecule has 27 heavy (non-hydrogen) atoms. The van der Waals surface area contributed by atoms with Crippen LogP contribution in [0.4, 0.5) is 13.2 Å². The smallest absolute Gasteiger partial charge is 0.396 e. The van der Waals surface area contributed by atoms with Crippen molar-refractivity contribution >= 4 is 22.4 Å². The van der Waals surface area contributed by atoms with Crippen LogP contribution in [0.15, 0.2) is 30.5 Å². The molecule has 0 atom stereocenters. The number of alkyl halides is 3. The van der Waals surface area contributed by atoms with Crippen LogP contribution in [0.25, 0.3) is 12.2 Å². The summed E-state index contributed by atoms with van der Waals surface area (Å²) in [4.78, 5) is 4.10. The molecule has 0 aliphatic rings. The predicted octanol–water partition coefficient (Wildman–Crippen LogP) is 2.65. The third-order valence-corrected chi connectivity index (χ3v) is 5.57. The Kier molecular flexibility index (Phi) is 6.45. The molecule has 1 N–H and O–H groups in total. The summed E-state index contributed by atoms with van der Waals surface area (Å²) in [5, 5.41) is 8.99. The zero-order valence-corrected chi connectivity index (χ0v) is 15.6. The maximum absolute atomic E-state index is 12.6. The lowest BCUT2D eigenvalue weighted by molar-refractivity contribution is -0.137. The Morgan fingerprint density at radius 2 is 1.81 bits per heavy atom. The zero-order chi connectivity index (χ0) is 20.2. The van der Waals surface area contributed by atoms with Gasteiger partial charge >= 0.3 is 16.4 Å². The van der Waals surface area contributed by atoms with Crippen molar-refractivity contribution in [3.8, 4) is 0 Å². The Morgan fingerprint density at radius 3 is 2.33 bits per heavy atom. The second-order valence-electron chi connectivity index (χ2n) is 5.94. The zero-order valence-electron chi connectivity index (χ0n) is 14.8. The third-order valence-electron chi connectivity index (χ3n) is 3.76. The molecule has 0 spiro atoms. The van der Waals surface area contributed by atoms with E-state index in [4.69, 9.17) is 5.11 Å². The molecule has 6 nitrogen and oxygen atoms in total. The number of aliphatic hydroxyl groups excluding tert-OH is 1. The molecule has 0 saturated carbocycles. The molecule has 1 aromatic heterocycles. The molecule has 0 radical (unpaired) electrons. The van der Waals surface area contributed by atoms with Gasteiger partial charge in [0, 0.05) is 20.7 Å². The molecule has 0 fully saturated rings. The first kappa shape index (κ1) is 21.1. The minimum Gasteiger partial charge on any atom is -0.396 e. The fourth-order valence-corrected chi connectivity index (χ4v) is 3.42. The lowest BCUT2D eigenvalue weighted by Gasteiger charge is -2.16. The van der Waals surface area contributed by atoms with E-state index in [1.165, 1.54) is 44.6 Å². The van der Waals surface area contributed by atoms with Crippen LogP contribution in [0.2, 0.25) is 0 Å². The molecule has 1 aromatic carbocycles. The lowest BCUT2D eigenvalue weighted by Crippen LogP contribution is -2.30. The van der Waals surface area contributed by atoms with E-state index in [2.05, 4.69) is 4.98 Å². The summed E-state index contributed by atoms with van der Waals surface area (Å²) in [6.45, 7) is -0.0933. The summed E-state index contributed by atoms with van der Waals surface area (Å²) < 4.78 is 65.1. The highest BCUT2D eigenvalue weighted by molar-refractivity contribution is 7.87. The Balaban J connectivity index is 2.38. The highest BCUT2D eigenvalue weighted by Crippen LogP contribution is 2.29. The molecule has 2 rings (SSSR count). The van der Waals surface area contributed by atoms with Crippen LogP contribution < -0.4 is 0 Å². The number of aromatic nitrogens is 2. The Labute approximate surface area is 155 Å². The summed E-state index contributed by atoms with van der Waals surface area (Å²) in [5.74, 6) is 0.122. The molecule has 0 bridgehead atoms. The van der Waals surface area contributed by atoms with Crippen molar-refractivity contribution in [3.63, 3.8) is 0 Å².